The van der Waals surface area contributed by atoms with Gasteiger partial charge in [0.2, 0.25) is 0 Å². The Balaban J connectivity index is 1.19. The van der Waals surface area contributed by atoms with E-state index < -0.39 is 0 Å². The van der Waals surface area contributed by atoms with Gasteiger partial charge in [0.15, 0.2) is 0 Å². The van der Waals surface area contributed by atoms with E-state index in [-0.39, 0.29) is 5.91 Å². The number of piperazine rings is 1. The van der Waals surface area contributed by atoms with E-state index >= 15 is 0 Å². The van der Waals surface area contributed by atoms with Crippen LogP contribution in [-0.4, -0.2) is 56.1 Å². The van der Waals surface area contributed by atoms with Gasteiger partial charge in [-0.25, -0.2) is 0 Å². The van der Waals surface area contributed by atoms with Gasteiger partial charge in [0.25, 0.3) is 5.91 Å². The van der Waals surface area contributed by atoms with Crippen LogP contribution in [0.25, 0.3) is 0 Å². The molecule has 2 saturated heterocycles. The summed E-state index contributed by atoms with van der Waals surface area (Å²) in [5.74, 6) is 0.105. The highest BCUT2D eigenvalue weighted by atomic mass is 16.2. The number of hydrogen-bond acceptors (Lipinski definition) is 5. The van der Waals surface area contributed by atoms with Crippen LogP contribution in [0.4, 0.5) is 17.1 Å². The van der Waals surface area contributed by atoms with Crippen molar-refractivity contribution in [3.63, 3.8) is 0 Å². The molecule has 0 aromatic heterocycles. The average molecular weight is 480 g/mol. The molecule has 6 heteroatoms. The highest BCUT2D eigenvalue weighted by molar-refractivity contribution is 5.95. The number of aryl methyl sites for hydroxylation is 1. The van der Waals surface area contributed by atoms with Crippen LogP contribution in [0.1, 0.15) is 34.3 Å². The molecule has 2 aliphatic heterocycles. The SMILES string of the molecule is Cc1ccc(C(=O)N2CCN(c3ccccc3)CC2)cc1NC1CCN(c2ccccc2C#N)CC1. The van der Waals surface area contributed by atoms with Gasteiger partial charge in [-0.2, -0.15) is 5.26 Å². The van der Waals surface area contributed by atoms with Gasteiger partial charge in [-0.1, -0.05) is 36.4 Å². The van der Waals surface area contributed by atoms with Crippen LogP contribution in [0.2, 0.25) is 0 Å². The summed E-state index contributed by atoms with van der Waals surface area (Å²) in [5, 5.41) is 13.1. The quantitative estimate of drug-likeness (QED) is 0.563. The lowest BCUT2D eigenvalue weighted by Gasteiger charge is -2.36. The molecule has 0 bridgehead atoms. The molecule has 0 aliphatic carbocycles. The summed E-state index contributed by atoms with van der Waals surface area (Å²) in [5.41, 5.74) is 5.91. The number of para-hydroxylation sites is 2. The molecule has 3 aromatic rings. The number of carbonyl (C=O) groups is 1. The molecule has 1 N–H and O–H groups in total. The molecule has 0 spiro atoms. The highest BCUT2D eigenvalue weighted by Gasteiger charge is 2.24. The van der Waals surface area contributed by atoms with Crippen LogP contribution in [-0.2, 0) is 0 Å². The molecular weight excluding hydrogens is 446 g/mol. The van der Waals surface area contributed by atoms with E-state index in [0.717, 1.165) is 80.2 Å². The Bertz CT molecular complexity index is 1240. The molecule has 0 unspecified atom stereocenters. The van der Waals surface area contributed by atoms with E-state index in [4.69, 9.17) is 0 Å². The minimum atomic E-state index is 0.105. The fourth-order valence-electron chi connectivity index (χ4n) is 5.23. The molecule has 6 nitrogen and oxygen atoms in total. The predicted molar refractivity (Wildman–Crippen MR) is 146 cm³/mol. The second kappa shape index (κ2) is 10.7. The number of nitrogens with one attached hydrogen (secondary N) is 1. The zero-order valence-electron chi connectivity index (χ0n) is 20.9. The lowest BCUT2D eigenvalue weighted by molar-refractivity contribution is 0.0747. The summed E-state index contributed by atoms with van der Waals surface area (Å²) in [4.78, 5) is 19.9. The molecule has 2 heterocycles. The number of hydrogen-bond donors (Lipinski definition) is 1. The summed E-state index contributed by atoms with van der Waals surface area (Å²) in [6.45, 7) is 7.05. The number of carbonyl (C=O) groups excluding carboxylic acids is 1. The van der Waals surface area contributed by atoms with Crippen molar-refractivity contribution in [2.45, 2.75) is 25.8 Å². The number of amides is 1. The Morgan fingerprint density at radius 1 is 0.861 bits per heavy atom. The van der Waals surface area contributed by atoms with E-state index in [1.165, 1.54) is 5.69 Å². The molecular formula is C30H33N5O. The smallest absolute Gasteiger partial charge is 0.254 e. The monoisotopic (exact) mass is 479 g/mol. The predicted octanol–water partition coefficient (Wildman–Crippen LogP) is 4.91. The molecule has 184 valence electrons. The largest absolute Gasteiger partial charge is 0.382 e. The summed E-state index contributed by atoms with van der Waals surface area (Å²) in [7, 11) is 0. The number of benzene rings is 3. The summed E-state index contributed by atoms with van der Waals surface area (Å²) in [6, 6.07) is 26.9. The molecule has 36 heavy (non-hydrogen) atoms. The molecule has 2 fully saturated rings. The molecule has 1 amide bonds. The lowest BCUT2D eigenvalue weighted by atomic mass is 10.0. The first kappa shape index (κ1) is 23.7. The number of anilines is 3. The van der Waals surface area contributed by atoms with Crippen LogP contribution in [0.3, 0.4) is 0 Å². The minimum absolute atomic E-state index is 0.105. The average Bonchev–Trinajstić information content (AvgIpc) is 2.95. The number of nitriles is 1. The molecule has 0 radical (unpaired) electrons. The van der Waals surface area contributed by atoms with Crippen molar-refractivity contribution in [2.24, 2.45) is 0 Å². The van der Waals surface area contributed by atoms with Crippen molar-refractivity contribution >= 4 is 23.0 Å². The third kappa shape index (κ3) is 5.16. The van der Waals surface area contributed by atoms with E-state index in [1.54, 1.807) is 0 Å². The van der Waals surface area contributed by atoms with Crippen LogP contribution >= 0.6 is 0 Å². The first-order valence-corrected chi connectivity index (χ1v) is 12.8. The van der Waals surface area contributed by atoms with Crippen LogP contribution in [0.5, 0.6) is 0 Å². The van der Waals surface area contributed by atoms with Crippen LogP contribution < -0.4 is 15.1 Å². The van der Waals surface area contributed by atoms with Gasteiger partial charge < -0.3 is 20.0 Å². The molecule has 0 saturated carbocycles. The van der Waals surface area contributed by atoms with E-state index in [0.29, 0.717) is 6.04 Å². The van der Waals surface area contributed by atoms with Gasteiger partial charge in [0, 0.05) is 62.2 Å². The van der Waals surface area contributed by atoms with Gasteiger partial charge >= 0.3 is 0 Å². The van der Waals surface area contributed by atoms with Crippen molar-refractivity contribution in [3.8, 4) is 6.07 Å². The van der Waals surface area contributed by atoms with E-state index in [1.807, 2.05) is 53.4 Å². The van der Waals surface area contributed by atoms with Gasteiger partial charge in [0.05, 0.1) is 11.3 Å². The van der Waals surface area contributed by atoms with E-state index in [9.17, 15) is 10.1 Å². The topological polar surface area (TPSA) is 62.6 Å². The minimum Gasteiger partial charge on any atom is -0.382 e. The third-order valence-electron chi connectivity index (χ3n) is 7.39. The second-order valence-electron chi connectivity index (χ2n) is 9.68. The van der Waals surface area contributed by atoms with E-state index in [2.05, 4.69) is 52.4 Å². The zero-order chi connectivity index (χ0) is 24.9. The normalized spacial score (nSPS) is 16.5. The number of piperidine rings is 1. The van der Waals surface area contributed by atoms with Crippen molar-refractivity contribution in [1.29, 1.82) is 5.26 Å². The first-order chi connectivity index (χ1) is 17.6. The Hall–Kier alpha value is -3.98. The fraction of sp³-hybridized carbons (Fsp3) is 0.333. The van der Waals surface area contributed by atoms with Gasteiger partial charge in [-0.15, -0.1) is 0 Å². The summed E-state index contributed by atoms with van der Waals surface area (Å²) >= 11 is 0. The fourth-order valence-corrected chi connectivity index (χ4v) is 5.23. The Morgan fingerprint density at radius 3 is 2.28 bits per heavy atom. The molecule has 2 aliphatic rings. The molecule has 5 rings (SSSR count). The van der Waals surface area contributed by atoms with Crippen LogP contribution in [0.15, 0.2) is 72.8 Å². The standard InChI is InChI=1S/C30H33N5O/c1-23-11-12-24(30(36)35-19-17-33(18-20-35)27-8-3-2-4-9-27)21-28(23)32-26-13-15-34(16-14-26)29-10-6-5-7-25(29)22-31/h2-12,21,26,32H,13-20H2,1H3. The number of nitrogens with zero attached hydrogens (tertiary/aromatic N) is 4. The first-order valence-electron chi connectivity index (χ1n) is 12.8. The third-order valence-corrected chi connectivity index (χ3v) is 7.39. The molecule has 3 aromatic carbocycles. The second-order valence-corrected chi connectivity index (χ2v) is 9.68. The van der Waals surface area contributed by atoms with Gasteiger partial charge in [-0.05, 0) is 61.7 Å². The van der Waals surface area contributed by atoms with Crippen molar-refractivity contribution in [3.05, 3.63) is 89.5 Å². The maximum absolute atomic E-state index is 13.3. The molecule has 0 atom stereocenters. The Kier molecular flexibility index (Phi) is 7.08. The lowest BCUT2D eigenvalue weighted by Crippen LogP contribution is -2.48. The van der Waals surface area contributed by atoms with Crippen molar-refractivity contribution in [1.82, 2.24) is 4.90 Å². The Morgan fingerprint density at radius 2 is 1.56 bits per heavy atom. The maximum atomic E-state index is 13.3. The van der Waals surface area contributed by atoms with Gasteiger partial charge in [-0.3, -0.25) is 4.79 Å². The maximum Gasteiger partial charge on any atom is 0.254 e. The van der Waals surface area contributed by atoms with Gasteiger partial charge in [0.1, 0.15) is 6.07 Å². The Labute approximate surface area is 213 Å². The summed E-state index contributed by atoms with van der Waals surface area (Å²) in [6.07, 6.45) is 1.97. The zero-order valence-corrected chi connectivity index (χ0v) is 20.9. The summed E-state index contributed by atoms with van der Waals surface area (Å²) < 4.78 is 0. The van der Waals surface area contributed by atoms with Crippen LogP contribution in [0, 0.1) is 18.3 Å². The van der Waals surface area contributed by atoms with Crippen molar-refractivity contribution < 1.29 is 4.79 Å². The number of rotatable bonds is 5. The van der Waals surface area contributed by atoms with Crippen molar-refractivity contribution in [2.75, 3.05) is 54.4 Å². The highest BCUT2D eigenvalue weighted by Crippen LogP contribution is 2.27.